The molecule has 0 spiro atoms. The number of benzene rings is 1. The number of ether oxygens (including phenoxy) is 2. The number of aromatic nitrogens is 2. The number of rotatable bonds is 5. The molecule has 7 nitrogen and oxygen atoms in total. The minimum absolute atomic E-state index is 0.138. The van der Waals surface area contributed by atoms with Gasteiger partial charge in [0.2, 0.25) is 6.79 Å². The Morgan fingerprint density at radius 3 is 2.90 bits per heavy atom. The third-order valence-electron chi connectivity index (χ3n) is 3.34. The second kappa shape index (κ2) is 5.61. The summed E-state index contributed by atoms with van der Waals surface area (Å²) >= 11 is 0. The number of aromatic amines is 1. The Labute approximate surface area is 121 Å². The van der Waals surface area contributed by atoms with Gasteiger partial charge in [-0.15, -0.1) is 0 Å². The van der Waals surface area contributed by atoms with Crippen molar-refractivity contribution in [2.24, 2.45) is 0 Å². The van der Waals surface area contributed by atoms with Crippen LogP contribution in [0.15, 0.2) is 27.5 Å². The molecule has 0 saturated heterocycles. The van der Waals surface area contributed by atoms with Crippen LogP contribution in [-0.4, -0.2) is 12.1 Å². The van der Waals surface area contributed by atoms with Gasteiger partial charge in [0.05, 0.1) is 6.54 Å². The predicted octanol–water partition coefficient (Wildman–Crippen LogP) is 0.855. The number of nitrogens with one attached hydrogen (secondary N) is 2. The van der Waals surface area contributed by atoms with Crippen LogP contribution in [0.2, 0.25) is 0 Å². The van der Waals surface area contributed by atoms with Crippen LogP contribution in [0.1, 0.15) is 31.1 Å². The van der Waals surface area contributed by atoms with Gasteiger partial charge in [-0.25, -0.2) is 4.79 Å². The van der Waals surface area contributed by atoms with Crippen LogP contribution in [-0.2, 0) is 13.1 Å². The maximum absolute atomic E-state index is 11.6. The molecule has 2 heterocycles. The molecule has 0 saturated carbocycles. The van der Waals surface area contributed by atoms with Crippen molar-refractivity contribution < 1.29 is 18.7 Å². The molecule has 0 atom stereocenters. The fraction of sp³-hybridized carbons (Fsp3) is 0.429. The van der Waals surface area contributed by atoms with E-state index in [0.29, 0.717) is 18.8 Å². The lowest BCUT2D eigenvalue weighted by atomic mass is 10.2. The molecule has 1 aromatic heterocycles. The van der Waals surface area contributed by atoms with Gasteiger partial charge in [0.15, 0.2) is 17.5 Å². The van der Waals surface area contributed by atoms with Crippen molar-refractivity contribution in [2.45, 2.75) is 33.0 Å². The first-order valence-electron chi connectivity index (χ1n) is 6.86. The summed E-state index contributed by atoms with van der Waals surface area (Å²) < 4.78 is 17.2. The molecular weight excluding hydrogens is 274 g/mol. The van der Waals surface area contributed by atoms with E-state index >= 15 is 0 Å². The second-order valence-electron chi connectivity index (χ2n) is 5.18. The number of nitrogens with zero attached hydrogens (tertiary/aromatic N) is 1. The minimum Gasteiger partial charge on any atom is -0.454 e. The molecule has 0 radical (unpaired) electrons. The van der Waals surface area contributed by atoms with E-state index < -0.39 is 0 Å². The topological polar surface area (TPSA) is 80.4 Å². The predicted molar refractivity (Wildman–Crippen MR) is 73.0 cm³/mol. The first-order chi connectivity index (χ1) is 10.1. The van der Waals surface area contributed by atoms with Crippen molar-refractivity contribution in [1.82, 2.24) is 10.6 Å². The molecule has 0 bridgehead atoms. The molecule has 2 N–H and O–H groups in total. The number of hydrogen-bond acceptors (Lipinski definition) is 5. The van der Waals surface area contributed by atoms with Crippen molar-refractivity contribution in [2.75, 3.05) is 6.79 Å². The maximum atomic E-state index is 11.6. The van der Waals surface area contributed by atoms with Crippen LogP contribution in [0.25, 0.3) is 0 Å². The van der Waals surface area contributed by atoms with Gasteiger partial charge in [-0.05, 0) is 36.8 Å². The summed E-state index contributed by atoms with van der Waals surface area (Å²) in [5.41, 5.74) is 1.29. The standard InChI is InChI=1S/C14H17N3O4/c1-9(2)17-11(14(18)21-16-17)7-15-6-10-3-4-12-13(5-10)20-8-19-12/h3-5,9,15H,6-8H2,1-2H3/p+1. The summed E-state index contributed by atoms with van der Waals surface area (Å²) in [6, 6.07) is 5.93. The summed E-state index contributed by atoms with van der Waals surface area (Å²) in [6.07, 6.45) is 0. The van der Waals surface area contributed by atoms with E-state index in [1.165, 1.54) is 0 Å². The number of hydrogen-bond donors (Lipinski definition) is 2. The van der Waals surface area contributed by atoms with Crippen molar-refractivity contribution in [3.63, 3.8) is 0 Å². The second-order valence-corrected chi connectivity index (χ2v) is 5.18. The Morgan fingerprint density at radius 2 is 2.10 bits per heavy atom. The summed E-state index contributed by atoms with van der Waals surface area (Å²) in [7, 11) is 0. The lowest BCUT2D eigenvalue weighted by molar-refractivity contribution is -0.785. The zero-order valence-corrected chi connectivity index (χ0v) is 12.0. The van der Waals surface area contributed by atoms with Crippen LogP contribution in [0, 0.1) is 0 Å². The van der Waals surface area contributed by atoms with E-state index in [9.17, 15) is 4.79 Å². The monoisotopic (exact) mass is 292 g/mol. The average molecular weight is 292 g/mol. The molecule has 1 aliphatic heterocycles. The van der Waals surface area contributed by atoms with Crippen molar-refractivity contribution in [3.8, 4) is 11.5 Å². The molecule has 3 rings (SSSR count). The molecule has 0 aliphatic carbocycles. The highest BCUT2D eigenvalue weighted by molar-refractivity contribution is 5.44. The van der Waals surface area contributed by atoms with Gasteiger partial charge in [0, 0.05) is 6.54 Å². The Kier molecular flexibility index (Phi) is 3.66. The zero-order valence-electron chi connectivity index (χ0n) is 12.0. The fourth-order valence-electron chi connectivity index (χ4n) is 2.25. The third-order valence-corrected chi connectivity index (χ3v) is 3.34. The Balaban J connectivity index is 1.64. The van der Waals surface area contributed by atoms with Gasteiger partial charge in [-0.2, -0.15) is 0 Å². The molecule has 2 aromatic rings. The van der Waals surface area contributed by atoms with Crippen LogP contribution < -0.4 is 25.1 Å². The minimum atomic E-state index is -0.345. The maximum Gasteiger partial charge on any atom is 0.431 e. The highest BCUT2D eigenvalue weighted by Gasteiger charge is 2.22. The van der Waals surface area contributed by atoms with Crippen LogP contribution in [0.5, 0.6) is 11.5 Å². The lowest BCUT2D eigenvalue weighted by Gasteiger charge is -2.04. The smallest absolute Gasteiger partial charge is 0.431 e. The summed E-state index contributed by atoms with van der Waals surface area (Å²) in [5, 5.41) is 5.84. The lowest BCUT2D eigenvalue weighted by Crippen LogP contribution is -2.44. The highest BCUT2D eigenvalue weighted by Crippen LogP contribution is 2.32. The van der Waals surface area contributed by atoms with Crippen LogP contribution in [0.3, 0.4) is 0 Å². The molecule has 1 aliphatic rings. The molecule has 21 heavy (non-hydrogen) atoms. The van der Waals surface area contributed by atoms with Crippen molar-refractivity contribution in [1.29, 1.82) is 0 Å². The molecule has 0 amide bonds. The molecule has 0 unspecified atom stereocenters. The van der Waals surface area contributed by atoms with Gasteiger partial charge >= 0.3 is 11.3 Å². The van der Waals surface area contributed by atoms with E-state index in [4.69, 9.17) is 14.0 Å². The largest absolute Gasteiger partial charge is 0.454 e. The Morgan fingerprint density at radius 1 is 1.29 bits per heavy atom. The van der Waals surface area contributed by atoms with E-state index in [0.717, 1.165) is 17.1 Å². The first kappa shape index (κ1) is 13.7. The van der Waals surface area contributed by atoms with E-state index in [1.807, 2.05) is 32.0 Å². The van der Waals surface area contributed by atoms with E-state index in [2.05, 4.69) is 10.6 Å². The van der Waals surface area contributed by atoms with Crippen LogP contribution in [0.4, 0.5) is 0 Å². The van der Waals surface area contributed by atoms with E-state index in [-0.39, 0.29) is 18.5 Å². The SMILES string of the molecule is CC(C)[n+]1[nH]oc(=O)c1CNCc1ccc2c(c1)OCO2. The van der Waals surface area contributed by atoms with Gasteiger partial charge in [0.1, 0.15) is 0 Å². The highest BCUT2D eigenvalue weighted by atomic mass is 16.7. The molecule has 1 aromatic carbocycles. The Hall–Kier alpha value is -2.28. The van der Waals surface area contributed by atoms with Crippen LogP contribution >= 0.6 is 0 Å². The van der Waals surface area contributed by atoms with E-state index in [1.54, 1.807) is 4.68 Å². The van der Waals surface area contributed by atoms with Gasteiger partial charge < -0.3 is 14.8 Å². The molecule has 112 valence electrons. The third kappa shape index (κ3) is 2.78. The normalized spacial score (nSPS) is 13.1. The zero-order chi connectivity index (χ0) is 14.8. The summed E-state index contributed by atoms with van der Waals surface area (Å²) in [5.74, 6) is 1.52. The quantitative estimate of drug-likeness (QED) is 0.799. The summed E-state index contributed by atoms with van der Waals surface area (Å²) in [4.78, 5) is 11.6. The Bertz CT molecular complexity index is 690. The van der Waals surface area contributed by atoms with Crippen molar-refractivity contribution >= 4 is 0 Å². The summed E-state index contributed by atoms with van der Waals surface area (Å²) in [6.45, 7) is 5.28. The van der Waals surface area contributed by atoms with Gasteiger partial charge in [-0.1, -0.05) is 10.7 Å². The molecule has 0 fully saturated rings. The van der Waals surface area contributed by atoms with Gasteiger partial charge in [0.25, 0.3) is 0 Å². The number of H-pyrrole nitrogens is 1. The number of fused-ring (bicyclic) bond motifs is 1. The molecule has 7 heteroatoms. The fourth-order valence-corrected chi connectivity index (χ4v) is 2.25. The average Bonchev–Trinajstić information content (AvgIpc) is 3.05. The first-order valence-corrected chi connectivity index (χ1v) is 6.86. The van der Waals surface area contributed by atoms with Crippen molar-refractivity contribution in [3.05, 3.63) is 39.9 Å². The van der Waals surface area contributed by atoms with Gasteiger partial charge in [-0.3, -0.25) is 4.52 Å². The molecular formula is C14H18N3O4+.